The number of fused-ring (bicyclic) bond motifs is 1. The smallest absolute Gasteiger partial charge is 0.161 e. The van der Waals surface area contributed by atoms with Gasteiger partial charge in [-0.25, -0.2) is 0 Å². The van der Waals surface area contributed by atoms with Gasteiger partial charge in [0.1, 0.15) is 0 Å². The summed E-state index contributed by atoms with van der Waals surface area (Å²) < 4.78 is 11.4. The highest BCUT2D eigenvalue weighted by molar-refractivity contribution is 5.43. The summed E-state index contributed by atoms with van der Waals surface area (Å²) in [5.41, 5.74) is 7.09. The van der Waals surface area contributed by atoms with E-state index in [2.05, 4.69) is 24.0 Å². The van der Waals surface area contributed by atoms with Gasteiger partial charge in [0.25, 0.3) is 0 Å². The molecule has 110 valence electrons. The number of hydrogen-bond acceptors (Lipinski definition) is 4. The summed E-state index contributed by atoms with van der Waals surface area (Å²) in [6.45, 7) is 6.64. The fourth-order valence-corrected chi connectivity index (χ4v) is 3.15. The molecule has 2 aliphatic heterocycles. The normalized spacial score (nSPS) is 26.5. The molecule has 2 unspecified atom stereocenters. The van der Waals surface area contributed by atoms with Crippen LogP contribution in [0.4, 0.5) is 0 Å². The highest BCUT2D eigenvalue weighted by Crippen LogP contribution is 2.32. The van der Waals surface area contributed by atoms with Crippen molar-refractivity contribution in [3.8, 4) is 11.5 Å². The highest BCUT2D eigenvalue weighted by atomic mass is 16.5. The molecule has 1 aromatic rings. The van der Waals surface area contributed by atoms with Crippen molar-refractivity contribution in [2.45, 2.75) is 32.4 Å². The predicted octanol–water partition coefficient (Wildman–Crippen LogP) is 2.02. The number of rotatable bonds is 3. The van der Waals surface area contributed by atoms with Gasteiger partial charge in [-0.05, 0) is 43.5 Å². The third kappa shape index (κ3) is 2.91. The first-order chi connectivity index (χ1) is 9.76. The topological polar surface area (TPSA) is 47.7 Å². The summed E-state index contributed by atoms with van der Waals surface area (Å²) in [4.78, 5) is 2.51. The number of hydrogen-bond donors (Lipinski definition) is 1. The van der Waals surface area contributed by atoms with Crippen LogP contribution >= 0.6 is 0 Å². The van der Waals surface area contributed by atoms with Gasteiger partial charge in [-0.3, -0.25) is 4.90 Å². The van der Waals surface area contributed by atoms with Gasteiger partial charge >= 0.3 is 0 Å². The number of nitrogens with zero attached hydrogens (tertiary/aromatic N) is 1. The molecule has 2 N–H and O–H groups in total. The van der Waals surface area contributed by atoms with Gasteiger partial charge in [0.15, 0.2) is 11.5 Å². The maximum Gasteiger partial charge on any atom is 0.161 e. The van der Waals surface area contributed by atoms with Crippen molar-refractivity contribution in [2.75, 3.05) is 26.3 Å². The van der Waals surface area contributed by atoms with Crippen molar-refractivity contribution in [1.82, 2.24) is 4.90 Å². The Bertz CT molecular complexity index is 464. The second-order valence-corrected chi connectivity index (χ2v) is 5.95. The van der Waals surface area contributed by atoms with Crippen LogP contribution in [0.1, 0.15) is 25.3 Å². The third-order valence-corrected chi connectivity index (χ3v) is 4.32. The molecule has 0 aromatic heterocycles. The van der Waals surface area contributed by atoms with Gasteiger partial charge in [-0.1, -0.05) is 6.07 Å². The Kier molecular flexibility index (Phi) is 4.13. The van der Waals surface area contributed by atoms with Crippen molar-refractivity contribution in [3.63, 3.8) is 0 Å². The summed E-state index contributed by atoms with van der Waals surface area (Å²) in [5.74, 6) is 2.41. The summed E-state index contributed by atoms with van der Waals surface area (Å²) in [6.07, 6.45) is 2.16. The Morgan fingerprint density at radius 3 is 2.80 bits per heavy atom. The Hall–Kier alpha value is -1.26. The van der Waals surface area contributed by atoms with E-state index in [-0.39, 0.29) is 0 Å². The summed E-state index contributed by atoms with van der Waals surface area (Å²) in [5, 5.41) is 0. The maximum atomic E-state index is 5.80. The molecule has 2 aliphatic rings. The molecule has 2 atom stereocenters. The average molecular weight is 276 g/mol. The Morgan fingerprint density at radius 1 is 1.25 bits per heavy atom. The van der Waals surface area contributed by atoms with Crippen molar-refractivity contribution in [2.24, 2.45) is 11.7 Å². The second-order valence-electron chi connectivity index (χ2n) is 5.95. The van der Waals surface area contributed by atoms with Crippen LogP contribution in [0.15, 0.2) is 18.2 Å². The number of ether oxygens (including phenoxy) is 2. The highest BCUT2D eigenvalue weighted by Gasteiger charge is 2.28. The molecule has 1 fully saturated rings. The van der Waals surface area contributed by atoms with Crippen molar-refractivity contribution >= 4 is 0 Å². The van der Waals surface area contributed by atoms with Crippen LogP contribution in [0.5, 0.6) is 11.5 Å². The van der Waals surface area contributed by atoms with Crippen LogP contribution < -0.4 is 15.2 Å². The molecular formula is C16H24N2O2. The lowest BCUT2D eigenvalue weighted by Crippen LogP contribution is -2.27. The summed E-state index contributed by atoms with van der Waals surface area (Å²) >= 11 is 0. The van der Waals surface area contributed by atoms with Gasteiger partial charge in [0.2, 0.25) is 0 Å². The van der Waals surface area contributed by atoms with Gasteiger partial charge < -0.3 is 15.2 Å². The molecule has 0 aliphatic carbocycles. The quantitative estimate of drug-likeness (QED) is 0.917. The zero-order chi connectivity index (χ0) is 13.9. The first-order valence-corrected chi connectivity index (χ1v) is 7.59. The monoisotopic (exact) mass is 276 g/mol. The zero-order valence-electron chi connectivity index (χ0n) is 12.2. The van der Waals surface area contributed by atoms with E-state index >= 15 is 0 Å². The maximum absolute atomic E-state index is 5.80. The van der Waals surface area contributed by atoms with E-state index in [4.69, 9.17) is 15.2 Å². The lowest BCUT2D eigenvalue weighted by Gasteiger charge is -2.21. The van der Waals surface area contributed by atoms with Crippen molar-refractivity contribution in [1.29, 1.82) is 0 Å². The number of benzene rings is 1. The Balaban J connectivity index is 1.70. The second kappa shape index (κ2) is 6.02. The summed E-state index contributed by atoms with van der Waals surface area (Å²) in [6, 6.07) is 6.93. The Labute approximate surface area is 120 Å². The van der Waals surface area contributed by atoms with E-state index in [0.717, 1.165) is 50.8 Å². The lowest BCUT2D eigenvalue weighted by molar-refractivity contribution is 0.255. The van der Waals surface area contributed by atoms with E-state index in [1.165, 1.54) is 12.0 Å². The summed E-state index contributed by atoms with van der Waals surface area (Å²) in [7, 11) is 0. The van der Waals surface area contributed by atoms with Crippen molar-refractivity contribution < 1.29 is 9.47 Å². The van der Waals surface area contributed by atoms with Crippen molar-refractivity contribution in [3.05, 3.63) is 23.8 Å². The molecule has 3 rings (SSSR count). The largest absolute Gasteiger partial charge is 0.490 e. The van der Waals surface area contributed by atoms with Crippen LogP contribution in [0.25, 0.3) is 0 Å². The molecule has 0 amide bonds. The van der Waals surface area contributed by atoms with Crippen LogP contribution in [-0.2, 0) is 6.54 Å². The van der Waals surface area contributed by atoms with Gasteiger partial charge in [0.05, 0.1) is 13.2 Å². The van der Waals surface area contributed by atoms with E-state index in [9.17, 15) is 0 Å². The van der Waals surface area contributed by atoms with Crippen LogP contribution in [0, 0.1) is 5.92 Å². The molecule has 2 heterocycles. The molecule has 1 aromatic carbocycles. The lowest BCUT2D eigenvalue weighted by atomic mass is 10.1. The fraction of sp³-hybridized carbons (Fsp3) is 0.625. The molecule has 0 radical (unpaired) electrons. The van der Waals surface area contributed by atoms with E-state index in [1.807, 2.05) is 6.07 Å². The SMILES string of the molecule is CC1CC(CN)CN1Cc1ccc2c(c1)OCCCO2. The molecule has 0 bridgehead atoms. The van der Waals surface area contributed by atoms with Crippen LogP contribution in [0.3, 0.4) is 0 Å². The molecule has 1 saturated heterocycles. The minimum absolute atomic E-state index is 0.611. The number of likely N-dealkylation sites (tertiary alicyclic amines) is 1. The molecule has 0 spiro atoms. The van der Waals surface area contributed by atoms with E-state index in [0.29, 0.717) is 12.0 Å². The van der Waals surface area contributed by atoms with Gasteiger partial charge in [-0.2, -0.15) is 0 Å². The minimum Gasteiger partial charge on any atom is -0.490 e. The number of nitrogens with two attached hydrogens (primary N) is 1. The molecule has 0 saturated carbocycles. The van der Waals surface area contributed by atoms with Crippen LogP contribution in [0.2, 0.25) is 0 Å². The predicted molar refractivity (Wildman–Crippen MR) is 79.1 cm³/mol. The zero-order valence-corrected chi connectivity index (χ0v) is 12.2. The molecule has 4 nitrogen and oxygen atoms in total. The average Bonchev–Trinajstić information content (AvgIpc) is 2.67. The van der Waals surface area contributed by atoms with Gasteiger partial charge in [0, 0.05) is 25.6 Å². The molecule has 20 heavy (non-hydrogen) atoms. The first kappa shape index (κ1) is 13.7. The minimum atomic E-state index is 0.611. The molecular weight excluding hydrogens is 252 g/mol. The van der Waals surface area contributed by atoms with E-state index < -0.39 is 0 Å². The Morgan fingerprint density at radius 2 is 2.05 bits per heavy atom. The molecule has 4 heteroatoms. The third-order valence-electron chi connectivity index (χ3n) is 4.32. The van der Waals surface area contributed by atoms with Crippen LogP contribution in [-0.4, -0.2) is 37.2 Å². The fourth-order valence-electron chi connectivity index (χ4n) is 3.15. The van der Waals surface area contributed by atoms with Gasteiger partial charge in [-0.15, -0.1) is 0 Å². The standard InChI is InChI=1S/C16H24N2O2/c1-12-7-14(9-17)11-18(12)10-13-3-4-15-16(8-13)20-6-2-5-19-15/h3-4,8,12,14H,2,5-7,9-11,17H2,1H3. The van der Waals surface area contributed by atoms with E-state index in [1.54, 1.807) is 0 Å². The first-order valence-electron chi connectivity index (χ1n) is 7.59.